The first-order chi connectivity index (χ1) is 10.2. The number of nitrogens with zero attached hydrogens (tertiary/aromatic N) is 1. The van der Waals surface area contributed by atoms with E-state index in [1.165, 1.54) is 11.1 Å². The molecule has 1 N–H and O–H groups in total. The number of amides is 2. The van der Waals surface area contributed by atoms with Gasteiger partial charge in [0.2, 0.25) is 0 Å². The summed E-state index contributed by atoms with van der Waals surface area (Å²) in [4.78, 5) is 14.1. The molecule has 0 saturated carbocycles. The van der Waals surface area contributed by atoms with Gasteiger partial charge in [-0.1, -0.05) is 46.3 Å². The second-order valence-corrected chi connectivity index (χ2v) is 6.06. The smallest absolute Gasteiger partial charge is 0.321 e. The minimum Gasteiger partial charge on any atom is -0.337 e. The highest BCUT2D eigenvalue weighted by Gasteiger charge is 2.23. The van der Waals surface area contributed by atoms with Crippen LogP contribution in [0.3, 0.4) is 0 Å². The van der Waals surface area contributed by atoms with Gasteiger partial charge in [-0.2, -0.15) is 0 Å². The van der Waals surface area contributed by atoms with E-state index in [4.69, 9.17) is 0 Å². The molecule has 1 aliphatic heterocycles. The second-order valence-electron chi connectivity index (χ2n) is 5.14. The Kier molecular flexibility index (Phi) is 4.25. The lowest BCUT2D eigenvalue weighted by Gasteiger charge is -2.18. The molecular formula is C17H17BrN2O. The predicted octanol–water partition coefficient (Wildman–Crippen LogP) is 3.76. The van der Waals surface area contributed by atoms with E-state index >= 15 is 0 Å². The summed E-state index contributed by atoms with van der Waals surface area (Å²) in [6.45, 7) is 1.41. The molecule has 3 nitrogen and oxygen atoms in total. The van der Waals surface area contributed by atoms with E-state index in [2.05, 4.69) is 39.4 Å². The largest absolute Gasteiger partial charge is 0.337 e. The van der Waals surface area contributed by atoms with Crippen LogP contribution in [0.1, 0.15) is 11.1 Å². The van der Waals surface area contributed by atoms with Crippen LogP contribution in [-0.4, -0.2) is 19.1 Å². The zero-order valence-electron chi connectivity index (χ0n) is 11.7. The third kappa shape index (κ3) is 3.27. The molecule has 2 amide bonds. The normalized spacial score (nSPS) is 13.1. The fourth-order valence-corrected chi connectivity index (χ4v) is 3.10. The molecule has 1 heterocycles. The van der Waals surface area contributed by atoms with Gasteiger partial charge in [-0.05, 0) is 42.2 Å². The molecule has 0 atom stereocenters. The molecule has 4 heteroatoms. The van der Waals surface area contributed by atoms with Crippen molar-refractivity contribution in [2.24, 2.45) is 0 Å². The number of rotatable bonds is 3. The molecule has 0 fully saturated rings. The number of urea groups is 1. The molecule has 0 saturated heterocycles. The van der Waals surface area contributed by atoms with Gasteiger partial charge in [0, 0.05) is 23.2 Å². The number of nitrogens with one attached hydrogen (secondary N) is 1. The van der Waals surface area contributed by atoms with E-state index < -0.39 is 0 Å². The van der Waals surface area contributed by atoms with E-state index in [-0.39, 0.29) is 6.03 Å². The average Bonchev–Trinajstić information content (AvgIpc) is 2.91. The zero-order valence-corrected chi connectivity index (χ0v) is 13.3. The van der Waals surface area contributed by atoms with Crippen LogP contribution in [0.15, 0.2) is 53.0 Å². The number of benzene rings is 2. The highest BCUT2D eigenvalue weighted by atomic mass is 79.9. The fraction of sp³-hybridized carbons (Fsp3) is 0.235. The van der Waals surface area contributed by atoms with Crippen LogP contribution in [0, 0.1) is 0 Å². The van der Waals surface area contributed by atoms with Gasteiger partial charge in [0.05, 0.1) is 0 Å². The van der Waals surface area contributed by atoms with Gasteiger partial charge < -0.3 is 5.32 Å². The van der Waals surface area contributed by atoms with Gasteiger partial charge in [0.15, 0.2) is 0 Å². The van der Waals surface area contributed by atoms with Crippen LogP contribution in [0.5, 0.6) is 0 Å². The lowest BCUT2D eigenvalue weighted by Crippen LogP contribution is -2.39. The maximum absolute atomic E-state index is 12.3. The topological polar surface area (TPSA) is 32.3 Å². The van der Waals surface area contributed by atoms with Crippen molar-refractivity contribution in [3.63, 3.8) is 0 Å². The van der Waals surface area contributed by atoms with Crippen molar-refractivity contribution in [3.8, 4) is 0 Å². The molecule has 21 heavy (non-hydrogen) atoms. The number of carbonyl (C=O) groups is 1. The summed E-state index contributed by atoms with van der Waals surface area (Å²) >= 11 is 3.46. The quantitative estimate of drug-likeness (QED) is 0.903. The van der Waals surface area contributed by atoms with Crippen LogP contribution in [0.25, 0.3) is 0 Å². The van der Waals surface area contributed by atoms with Crippen LogP contribution in [0.2, 0.25) is 0 Å². The predicted molar refractivity (Wildman–Crippen MR) is 88.7 cm³/mol. The summed E-state index contributed by atoms with van der Waals surface area (Å²) < 4.78 is 1.07. The number of carbonyl (C=O) groups excluding carboxylic acids is 1. The molecular weight excluding hydrogens is 328 g/mol. The van der Waals surface area contributed by atoms with Crippen LogP contribution in [-0.2, 0) is 12.8 Å². The van der Waals surface area contributed by atoms with Crippen molar-refractivity contribution in [2.45, 2.75) is 12.8 Å². The minimum absolute atomic E-state index is 0.00468. The maximum Gasteiger partial charge on any atom is 0.321 e. The Balaban J connectivity index is 1.56. The van der Waals surface area contributed by atoms with Crippen LogP contribution in [0.4, 0.5) is 10.5 Å². The first kappa shape index (κ1) is 14.1. The monoisotopic (exact) mass is 344 g/mol. The van der Waals surface area contributed by atoms with Crippen molar-refractivity contribution >= 4 is 27.6 Å². The lowest BCUT2D eigenvalue weighted by atomic mass is 10.1. The molecule has 3 rings (SSSR count). The highest BCUT2D eigenvalue weighted by molar-refractivity contribution is 9.10. The highest BCUT2D eigenvalue weighted by Crippen LogP contribution is 2.27. The summed E-state index contributed by atoms with van der Waals surface area (Å²) in [5.41, 5.74) is 3.50. The average molecular weight is 345 g/mol. The van der Waals surface area contributed by atoms with Crippen molar-refractivity contribution in [2.75, 3.05) is 18.0 Å². The molecule has 0 aromatic heterocycles. The van der Waals surface area contributed by atoms with Crippen molar-refractivity contribution < 1.29 is 4.79 Å². The number of hydrogen-bond donors (Lipinski definition) is 1. The van der Waals surface area contributed by atoms with Gasteiger partial charge in [-0.15, -0.1) is 0 Å². The molecule has 0 aliphatic carbocycles. The first-order valence-corrected chi connectivity index (χ1v) is 7.91. The van der Waals surface area contributed by atoms with Gasteiger partial charge >= 0.3 is 6.03 Å². The number of halogens is 1. The Morgan fingerprint density at radius 1 is 1.19 bits per heavy atom. The Morgan fingerprint density at radius 2 is 2.05 bits per heavy atom. The van der Waals surface area contributed by atoms with Gasteiger partial charge in [0.1, 0.15) is 0 Å². The Bertz CT molecular complexity index is 657. The first-order valence-electron chi connectivity index (χ1n) is 7.12. The second kappa shape index (κ2) is 6.31. The van der Waals surface area contributed by atoms with Crippen LogP contribution < -0.4 is 10.2 Å². The lowest BCUT2D eigenvalue weighted by molar-refractivity contribution is 0.247. The molecule has 108 valence electrons. The third-order valence-corrected chi connectivity index (χ3v) is 4.20. The third-order valence-electron chi connectivity index (χ3n) is 3.71. The number of anilines is 1. The molecule has 0 radical (unpaired) electrons. The minimum atomic E-state index is -0.00468. The summed E-state index contributed by atoms with van der Waals surface area (Å²) in [7, 11) is 0. The summed E-state index contributed by atoms with van der Waals surface area (Å²) in [6.07, 6.45) is 1.77. The van der Waals surface area contributed by atoms with E-state index in [1.807, 2.05) is 35.2 Å². The Labute approximate surface area is 133 Å². The molecule has 2 aromatic carbocycles. The standard InChI is InChI=1S/C17H17BrN2O/c18-15-6-3-4-13(12-15)8-10-19-17(21)20-11-9-14-5-1-2-7-16(14)20/h1-7,12H,8-11H2,(H,19,21). The van der Waals surface area contributed by atoms with E-state index in [0.717, 1.165) is 29.5 Å². The summed E-state index contributed by atoms with van der Waals surface area (Å²) in [5, 5.41) is 3.01. The number of hydrogen-bond acceptors (Lipinski definition) is 1. The van der Waals surface area contributed by atoms with Crippen LogP contribution >= 0.6 is 15.9 Å². The summed E-state index contributed by atoms with van der Waals surface area (Å²) in [6, 6.07) is 16.3. The number of fused-ring (bicyclic) bond motifs is 1. The van der Waals surface area contributed by atoms with Gasteiger partial charge in [-0.3, -0.25) is 4.90 Å². The maximum atomic E-state index is 12.3. The molecule has 2 aromatic rings. The molecule has 0 bridgehead atoms. The SMILES string of the molecule is O=C(NCCc1cccc(Br)c1)N1CCc2ccccc21. The van der Waals surface area contributed by atoms with E-state index in [9.17, 15) is 4.79 Å². The number of para-hydroxylation sites is 1. The molecule has 1 aliphatic rings. The van der Waals surface area contributed by atoms with E-state index in [1.54, 1.807) is 0 Å². The van der Waals surface area contributed by atoms with Crippen molar-refractivity contribution in [3.05, 3.63) is 64.1 Å². The van der Waals surface area contributed by atoms with Crippen molar-refractivity contribution in [1.29, 1.82) is 0 Å². The Hall–Kier alpha value is -1.81. The Morgan fingerprint density at radius 3 is 2.90 bits per heavy atom. The van der Waals surface area contributed by atoms with Gasteiger partial charge in [0.25, 0.3) is 0 Å². The van der Waals surface area contributed by atoms with E-state index in [0.29, 0.717) is 6.54 Å². The van der Waals surface area contributed by atoms with Gasteiger partial charge in [-0.25, -0.2) is 4.79 Å². The molecule has 0 unspecified atom stereocenters. The fourth-order valence-electron chi connectivity index (χ4n) is 2.65. The summed E-state index contributed by atoms with van der Waals surface area (Å²) in [5.74, 6) is 0. The zero-order chi connectivity index (χ0) is 14.7. The molecule has 0 spiro atoms. The van der Waals surface area contributed by atoms with Crippen molar-refractivity contribution in [1.82, 2.24) is 5.32 Å².